The Morgan fingerprint density at radius 1 is 1.28 bits per heavy atom. The van der Waals surface area contributed by atoms with Gasteiger partial charge in [-0.25, -0.2) is 0 Å². The first kappa shape index (κ1) is 13.3. The summed E-state index contributed by atoms with van der Waals surface area (Å²) in [5, 5.41) is 32.0. The number of hydrogen-bond donors (Lipinski definition) is 4. The number of phenols is 1. The summed E-state index contributed by atoms with van der Waals surface area (Å²) in [5.74, 6) is 0.0669. The fourth-order valence-electron chi connectivity index (χ4n) is 2.47. The van der Waals surface area contributed by atoms with Crippen molar-refractivity contribution in [2.75, 3.05) is 6.54 Å². The normalized spacial score (nSPS) is 18.1. The topological polar surface area (TPSA) is 72.7 Å². The van der Waals surface area contributed by atoms with Crippen LogP contribution in [0.1, 0.15) is 42.9 Å². The molecular weight excluding hydrogens is 230 g/mol. The van der Waals surface area contributed by atoms with Gasteiger partial charge in [0.05, 0.1) is 12.7 Å². The van der Waals surface area contributed by atoms with Crippen molar-refractivity contribution in [1.29, 1.82) is 0 Å². The summed E-state index contributed by atoms with van der Waals surface area (Å²) in [4.78, 5) is 0. The molecule has 0 saturated heterocycles. The van der Waals surface area contributed by atoms with Gasteiger partial charge in [0.2, 0.25) is 0 Å². The number of aliphatic hydroxyl groups excluding tert-OH is 2. The molecule has 1 saturated carbocycles. The average Bonchev–Trinajstić information content (AvgIpc) is 2.89. The van der Waals surface area contributed by atoms with Crippen LogP contribution in [0.3, 0.4) is 0 Å². The zero-order valence-electron chi connectivity index (χ0n) is 10.5. The smallest absolute Gasteiger partial charge is 0.121 e. The molecule has 2 rings (SSSR count). The largest absolute Gasteiger partial charge is 0.508 e. The zero-order chi connectivity index (χ0) is 13.0. The van der Waals surface area contributed by atoms with Gasteiger partial charge in [-0.3, -0.25) is 0 Å². The van der Waals surface area contributed by atoms with Crippen LogP contribution in [0.15, 0.2) is 18.2 Å². The lowest BCUT2D eigenvalue weighted by molar-refractivity contribution is 0.169. The molecule has 4 heteroatoms. The second-order valence-corrected chi connectivity index (χ2v) is 4.95. The maximum Gasteiger partial charge on any atom is 0.121 e. The molecule has 4 N–H and O–H groups in total. The Morgan fingerprint density at radius 3 is 2.67 bits per heavy atom. The predicted octanol–water partition coefficient (Wildman–Crippen LogP) is 1.45. The molecule has 100 valence electrons. The van der Waals surface area contributed by atoms with Crippen molar-refractivity contribution in [3.63, 3.8) is 0 Å². The predicted molar refractivity (Wildman–Crippen MR) is 69.2 cm³/mol. The molecule has 0 spiro atoms. The molecule has 0 aliphatic heterocycles. The number of aromatic hydroxyl groups is 1. The van der Waals surface area contributed by atoms with Crippen LogP contribution in [0, 0.1) is 0 Å². The van der Waals surface area contributed by atoms with E-state index in [-0.39, 0.29) is 12.4 Å². The minimum absolute atomic E-state index is 0.0669. The van der Waals surface area contributed by atoms with E-state index in [1.54, 1.807) is 12.1 Å². The Kier molecular flexibility index (Phi) is 4.58. The SMILES string of the molecule is OCc1cc([C@H](O)CNC2CCCC2)ccc1O. The molecule has 1 fully saturated rings. The van der Waals surface area contributed by atoms with E-state index in [4.69, 9.17) is 5.11 Å². The molecular formula is C14H21NO3. The summed E-state index contributed by atoms with van der Waals surface area (Å²) < 4.78 is 0. The highest BCUT2D eigenvalue weighted by Crippen LogP contribution is 2.23. The van der Waals surface area contributed by atoms with Crippen LogP contribution in [-0.4, -0.2) is 27.9 Å². The first-order valence-electron chi connectivity index (χ1n) is 6.55. The number of rotatable bonds is 5. The van der Waals surface area contributed by atoms with Crippen molar-refractivity contribution in [3.8, 4) is 5.75 Å². The van der Waals surface area contributed by atoms with Crippen LogP contribution < -0.4 is 5.32 Å². The van der Waals surface area contributed by atoms with E-state index in [2.05, 4.69) is 5.32 Å². The molecule has 0 unspecified atom stereocenters. The van der Waals surface area contributed by atoms with Crippen LogP contribution in [0.2, 0.25) is 0 Å². The standard InChI is InChI=1S/C14H21NO3/c16-9-11-7-10(5-6-13(11)17)14(18)8-15-12-3-1-2-4-12/h5-7,12,14-18H,1-4,8-9H2/t14-/m1/s1. The third-order valence-electron chi connectivity index (χ3n) is 3.61. The number of hydrogen-bond acceptors (Lipinski definition) is 4. The summed E-state index contributed by atoms with van der Waals surface area (Å²) in [7, 11) is 0. The van der Waals surface area contributed by atoms with Crippen LogP contribution in [0.5, 0.6) is 5.75 Å². The summed E-state index contributed by atoms with van der Waals surface area (Å²) >= 11 is 0. The minimum Gasteiger partial charge on any atom is -0.508 e. The Balaban J connectivity index is 1.93. The van der Waals surface area contributed by atoms with E-state index in [0.717, 1.165) is 5.56 Å². The van der Waals surface area contributed by atoms with Crippen molar-refractivity contribution < 1.29 is 15.3 Å². The van der Waals surface area contributed by atoms with Gasteiger partial charge in [0.25, 0.3) is 0 Å². The first-order valence-corrected chi connectivity index (χ1v) is 6.55. The van der Waals surface area contributed by atoms with E-state index in [9.17, 15) is 10.2 Å². The molecule has 0 aromatic heterocycles. The van der Waals surface area contributed by atoms with Gasteiger partial charge in [0.1, 0.15) is 5.75 Å². The monoisotopic (exact) mass is 251 g/mol. The average molecular weight is 251 g/mol. The molecule has 18 heavy (non-hydrogen) atoms. The molecule has 1 aromatic rings. The van der Waals surface area contributed by atoms with Crippen LogP contribution in [-0.2, 0) is 6.61 Å². The van der Waals surface area contributed by atoms with E-state index in [0.29, 0.717) is 18.2 Å². The van der Waals surface area contributed by atoms with E-state index in [1.165, 1.54) is 31.7 Å². The van der Waals surface area contributed by atoms with E-state index >= 15 is 0 Å². The van der Waals surface area contributed by atoms with Crippen LogP contribution in [0.25, 0.3) is 0 Å². The van der Waals surface area contributed by atoms with Crippen LogP contribution in [0.4, 0.5) is 0 Å². The highest BCUT2D eigenvalue weighted by Gasteiger charge is 2.16. The maximum absolute atomic E-state index is 10.1. The van der Waals surface area contributed by atoms with Gasteiger partial charge in [-0.15, -0.1) is 0 Å². The summed E-state index contributed by atoms with van der Waals surface area (Å²) in [6.45, 7) is 0.294. The Bertz CT molecular complexity index is 389. The third kappa shape index (κ3) is 3.22. The minimum atomic E-state index is -0.600. The lowest BCUT2D eigenvalue weighted by Crippen LogP contribution is -2.30. The summed E-state index contributed by atoms with van der Waals surface area (Å²) in [5.41, 5.74) is 1.18. The molecule has 0 heterocycles. The van der Waals surface area contributed by atoms with E-state index < -0.39 is 6.10 Å². The molecule has 0 bridgehead atoms. The van der Waals surface area contributed by atoms with Crippen molar-refractivity contribution in [3.05, 3.63) is 29.3 Å². The second kappa shape index (κ2) is 6.18. The summed E-state index contributed by atoms with van der Waals surface area (Å²) in [6.07, 6.45) is 4.30. The Labute approximate surface area is 107 Å². The Hall–Kier alpha value is -1.10. The van der Waals surface area contributed by atoms with Gasteiger partial charge in [0.15, 0.2) is 0 Å². The molecule has 1 aliphatic carbocycles. The highest BCUT2D eigenvalue weighted by atomic mass is 16.3. The molecule has 0 amide bonds. The zero-order valence-corrected chi connectivity index (χ0v) is 10.5. The molecule has 0 radical (unpaired) electrons. The lowest BCUT2D eigenvalue weighted by Gasteiger charge is -2.17. The van der Waals surface area contributed by atoms with Gasteiger partial charge in [-0.1, -0.05) is 18.9 Å². The quantitative estimate of drug-likeness (QED) is 0.639. The van der Waals surface area contributed by atoms with Gasteiger partial charge in [-0.2, -0.15) is 0 Å². The van der Waals surface area contributed by atoms with Gasteiger partial charge < -0.3 is 20.6 Å². The van der Waals surface area contributed by atoms with Crippen molar-refractivity contribution in [2.45, 2.75) is 44.4 Å². The van der Waals surface area contributed by atoms with Crippen LogP contribution >= 0.6 is 0 Å². The molecule has 4 nitrogen and oxygen atoms in total. The van der Waals surface area contributed by atoms with Crippen molar-refractivity contribution >= 4 is 0 Å². The number of aliphatic hydroxyl groups is 2. The van der Waals surface area contributed by atoms with Crippen molar-refractivity contribution in [1.82, 2.24) is 5.32 Å². The fraction of sp³-hybridized carbons (Fsp3) is 0.571. The number of benzene rings is 1. The van der Waals surface area contributed by atoms with Gasteiger partial charge in [-0.05, 0) is 30.5 Å². The van der Waals surface area contributed by atoms with Crippen molar-refractivity contribution in [2.24, 2.45) is 0 Å². The Morgan fingerprint density at radius 2 is 2.00 bits per heavy atom. The lowest BCUT2D eigenvalue weighted by atomic mass is 10.0. The maximum atomic E-state index is 10.1. The third-order valence-corrected chi connectivity index (χ3v) is 3.61. The first-order chi connectivity index (χ1) is 8.70. The second-order valence-electron chi connectivity index (χ2n) is 4.95. The van der Waals surface area contributed by atoms with Gasteiger partial charge >= 0.3 is 0 Å². The molecule has 1 atom stereocenters. The van der Waals surface area contributed by atoms with E-state index in [1.807, 2.05) is 0 Å². The number of nitrogens with one attached hydrogen (secondary N) is 1. The molecule has 1 aromatic carbocycles. The summed E-state index contributed by atoms with van der Waals surface area (Å²) in [6, 6.07) is 5.37. The highest BCUT2D eigenvalue weighted by molar-refractivity contribution is 5.36. The van der Waals surface area contributed by atoms with Gasteiger partial charge in [0, 0.05) is 18.2 Å². The fourth-order valence-corrected chi connectivity index (χ4v) is 2.47. The molecule has 1 aliphatic rings.